The molecule has 1 saturated carbocycles. The Labute approximate surface area is 76.7 Å². The topological polar surface area (TPSA) is 39.4 Å². The Bertz CT molecular complexity index is 310. The van der Waals surface area contributed by atoms with Gasteiger partial charge in [0.15, 0.2) is 5.76 Å². The molecule has 0 radical (unpaired) electrons. The molecule has 0 spiro atoms. The van der Waals surface area contributed by atoms with Gasteiger partial charge < -0.3 is 9.15 Å². The number of methoxy groups -OCH3 is 1. The fourth-order valence-corrected chi connectivity index (χ4v) is 1.28. The summed E-state index contributed by atoms with van der Waals surface area (Å²) in [6.07, 6.45) is 2.03. The standard InChI is InChI=1S/C10H12O3/c1-12-6-8-4-5-9(13-8)10(11)7-2-3-7/h4-5,7H,2-3,6H2,1H3. The highest BCUT2D eigenvalue weighted by Crippen LogP contribution is 2.32. The van der Waals surface area contributed by atoms with Crippen LogP contribution in [0.5, 0.6) is 0 Å². The van der Waals surface area contributed by atoms with Crippen LogP contribution in [0.3, 0.4) is 0 Å². The summed E-state index contributed by atoms with van der Waals surface area (Å²) in [5.41, 5.74) is 0. The molecule has 0 aromatic carbocycles. The van der Waals surface area contributed by atoms with Crippen molar-refractivity contribution in [3.63, 3.8) is 0 Å². The summed E-state index contributed by atoms with van der Waals surface area (Å²) >= 11 is 0. The Morgan fingerprint density at radius 2 is 2.38 bits per heavy atom. The molecule has 1 heterocycles. The fraction of sp³-hybridized carbons (Fsp3) is 0.500. The van der Waals surface area contributed by atoms with E-state index in [1.807, 2.05) is 0 Å². The number of furan rings is 1. The zero-order valence-electron chi connectivity index (χ0n) is 7.58. The normalized spacial score (nSPS) is 16.1. The molecule has 0 bridgehead atoms. The van der Waals surface area contributed by atoms with Crippen molar-refractivity contribution in [3.8, 4) is 0 Å². The average Bonchev–Trinajstić information content (AvgIpc) is 2.87. The highest BCUT2D eigenvalue weighted by atomic mass is 16.5. The van der Waals surface area contributed by atoms with Crippen LogP contribution < -0.4 is 0 Å². The highest BCUT2D eigenvalue weighted by molar-refractivity contribution is 5.96. The van der Waals surface area contributed by atoms with Gasteiger partial charge >= 0.3 is 0 Å². The van der Waals surface area contributed by atoms with Crippen LogP contribution in [0.2, 0.25) is 0 Å². The van der Waals surface area contributed by atoms with Gasteiger partial charge in [0.05, 0.1) is 0 Å². The third-order valence-corrected chi connectivity index (χ3v) is 2.14. The number of carbonyl (C=O) groups is 1. The molecule has 0 amide bonds. The maximum Gasteiger partial charge on any atom is 0.201 e. The number of rotatable bonds is 4. The second-order valence-electron chi connectivity index (χ2n) is 3.34. The summed E-state index contributed by atoms with van der Waals surface area (Å²) < 4.78 is 10.2. The minimum Gasteiger partial charge on any atom is -0.456 e. The molecule has 0 atom stereocenters. The maximum atomic E-state index is 11.5. The Kier molecular flexibility index (Phi) is 2.19. The van der Waals surface area contributed by atoms with E-state index in [1.54, 1.807) is 19.2 Å². The minimum atomic E-state index is 0.141. The van der Waals surface area contributed by atoms with Crippen molar-refractivity contribution < 1.29 is 13.9 Å². The number of hydrogen-bond donors (Lipinski definition) is 0. The molecular weight excluding hydrogens is 168 g/mol. The molecule has 1 aromatic rings. The number of hydrogen-bond acceptors (Lipinski definition) is 3. The van der Waals surface area contributed by atoms with Crippen LogP contribution in [0.1, 0.15) is 29.2 Å². The molecule has 1 aliphatic carbocycles. The van der Waals surface area contributed by atoms with E-state index in [-0.39, 0.29) is 11.7 Å². The van der Waals surface area contributed by atoms with Gasteiger partial charge in [0, 0.05) is 13.0 Å². The van der Waals surface area contributed by atoms with E-state index in [4.69, 9.17) is 9.15 Å². The van der Waals surface area contributed by atoms with Gasteiger partial charge in [-0.3, -0.25) is 4.79 Å². The molecule has 3 nitrogen and oxygen atoms in total. The summed E-state index contributed by atoms with van der Waals surface area (Å²) in [6, 6.07) is 3.52. The van der Waals surface area contributed by atoms with Gasteiger partial charge in [0.1, 0.15) is 12.4 Å². The van der Waals surface area contributed by atoms with E-state index in [0.29, 0.717) is 18.1 Å². The number of Topliss-reactive ketones (excluding diaryl/α,β-unsaturated/α-hetero) is 1. The molecule has 0 saturated heterocycles. The van der Waals surface area contributed by atoms with Crippen LogP contribution in [-0.2, 0) is 11.3 Å². The van der Waals surface area contributed by atoms with E-state index in [2.05, 4.69) is 0 Å². The summed E-state index contributed by atoms with van der Waals surface area (Å²) in [7, 11) is 1.60. The van der Waals surface area contributed by atoms with E-state index >= 15 is 0 Å². The zero-order chi connectivity index (χ0) is 9.26. The van der Waals surface area contributed by atoms with Crippen molar-refractivity contribution in [2.75, 3.05) is 7.11 Å². The van der Waals surface area contributed by atoms with Gasteiger partial charge in [-0.2, -0.15) is 0 Å². The second kappa shape index (κ2) is 3.34. The van der Waals surface area contributed by atoms with Gasteiger partial charge in [-0.15, -0.1) is 0 Å². The molecule has 0 unspecified atom stereocenters. The summed E-state index contributed by atoms with van der Waals surface area (Å²) in [5, 5.41) is 0. The zero-order valence-corrected chi connectivity index (χ0v) is 7.58. The van der Waals surface area contributed by atoms with Crippen molar-refractivity contribution in [2.24, 2.45) is 5.92 Å². The first-order chi connectivity index (χ1) is 6.31. The molecule has 1 aliphatic rings. The van der Waals surface area contributed by atoms with Crippen LogP contribution in [0.4, 0.5) is 0 Å². The van der Waals surface area contributed by atoms with Gasteiger partial charge in [-0.25, -0.2) is 0 Å². The molecular formula is C10H12O3. The van der Waals surface area contributed by atoms with E-state index in [1.165, 1.54) is 0 Å². The van der Waals surface area contributed by atoms with E-state index in [9.17, 15) is 4.79 Å². The predicted octanol–water partition coefficient (Wildman–Crippen LogP) is 2.02. The number of carbonyl (C=O) groups excluding carboxylic acids is 1. The van der Waals surface area contributed by atoms with E-state index in [0.717, 1.165) is 12.8 Å². The first-order valence-corrected chi connectivity index (χ1v) is 4.43. The summed E-state index contributed by atoms with van der Waals surface area (Å²) in [6.45, 7) is 0.429. The Balaban J connectivity index is 2.07. The SMILES string of the molecule is COCc1ccc(C(=O)C2CC2)o1. The molecule has 70 valence electrons. The van der Waals surface area contributed by atoms with Crippen LogP contribution in [0, 0.1) is 5.92 Å². The van der Waals surface area contributed by atoms with Gasteiger partial charge in [0.25, 0.3) is 0 Å². The molecule has 1 aromatic heterocycles. The maximum absolute atomic E-state index is 11.5. The van der Waals surface area contributed by atoms with Gasteiger partial charge in [0.2, 0.25) is 5.78 Å². The molecule has 0 N–H and O–H groups in total. The first-order valence-electron chi connectivity index (χ1n) is 4.43. The Morgan fingerprint density at radius 3 is 3.00 bits per heavy atom. The number of ketones is 1. The Morgan fingerprint density at radius 1 is 1.62 bits per heavy atom. The Hall–Kier alpha value is -1.09. The van der Waals surface area contributed by atoms with E-state index < -0.39 is 0 Å². The van der Waals surface area contributed by atoms with Crippen LogP contribution in [0.25, 0.3) is 0 Å². The molecule has 3 heteroatoms. The average molecular weight is 180 g/mol. The lowest BCUT2D eigenvalue weighted by Crippen LogP contribution is -1.98. The molecule has 0 aliphatic heterocycles. The van der Waals surface area contributed by atoms with Crippen molar-refractivity contribution in [3.05, 3.63) is 23.7 Å². The highest BCUT2D eigenvalue weighted by Gasteiger charge is 2.32. The molecule has 13 heavy (non-hydrogen) atoms. The van der Waals surface area contributed by atoms with Crippen LogP contribution in [-0.4, -0.2) is 12.9 Å². The third-order valence-electron chi connectivity index (χ3n) is 2.14. The molecule has 1 fully saturated rings. The lowest BCUT2D eigenvalue weighted by molar-refractivity contribution is 0.0931. The van der Waals surface area contributed by atoms with Gasteiger partial charge in [-0.1, -0.05) is 0 Å². The second-order valence-corrected chi connectivity index (χ2v) is 3.34. The first kappa shape index (κ1) is 8.51. The lowest BCUT2D eigenvalue weighted by atomic mass is 10.2. The summed E-state index contributed by atoms with van der Waals surface area (Å²) in [5.74, 6) is 1.56. The van der Waals surface area contributed by atoms with Crippen molar-refractivity contribution in [1.82, 2.24) is 0 Å². The number of ether oxygens (including phenoxy) is 1. The monoisotopic (exact) mass is 180 g/mol. The predicted molar refractivity (Wildman–Crippen MR) is 46.5 cm³/mol. The van der Waals surface area contributed by atoms with Crippen molar-refractivity contribution in [1.29, 1.82) is 0 Å². The van der Waals surface area contributed by atoms with Gasteiger partial charge in [-0.05, 0) is 25.0 Å². The fourth-order valence-electron chi connectivity index (χ4n) is 1.28. The van der Waals surface area contributed by atoms with Crippen molar-refractivity contribution >= 4 is 5.78 Å². The summed E-state index contributed by atoms with van der Waals surface area (Å²) in [4.78, 5) is 11.5. The van der Waals surface area contributed by atoms with Crippen LogP contribution >= 0.6 is 0 Å². The third kappa shape index (κ3) is 1.80. The quantitative estimate of drug-likeness (QED) is 0.665. The lowest BCUT2D eigenvalue weighted by Gasteiger charge is -1.93. The smallest absolute Gasteiger partial charge is 0.201 e. The largest absolute Gasteiger partial charge is 0.456 e. The van der Waals surface area contributed by atoms with Crippen LogP contribution in [0.15, 0.2) is 16.5 Å². The minimum absolute atomic E-state index is 0.141. The molecule has 2 rings (SSSR count). The van der Waals surface area contributed by atoms with Crippen molar-refractivity contribution in [2.45, 2.75) is 19.4 Å².